The molecule has 2 saturated heterocycles. The molecule has 0 bridgehead atoms. The summed E-state index contributed by atoms with van der Waals surface area (Å²) in [4.78, 5) is 14.7. The fraction of sp³-hybridized carbons (Fsp3) is 0.650. The summed E-state index contributed by atoms with van der Waals surface area (Å²) in [6, 6.07) is 4.47. The second-order valence-electron chi connectivity index (χ2n) is 7.80. The predicted octanol–water partition coefficient (Wildman–Crippen LogP) is 2.64. The lowest BCUT2D eigenvalue weighted by Gasteiger charge is -2.34. The number of halogens is 1. The van der Waals surface area contributed by atoms with Crippen molar-refractivity contribution in [1.29, 1.82) is 0 Å². The standard InChI is InChI=1S/C20H29ClN2O5S/c1-4-22(12-16-7-8-27-13-16)20(24)17-5-6-18(21)19(9-17)29(25,26)23-10-14(2)28-15(3)11-23/h5-6,9,14-16H,4,7-8,10-13H2,1-3H3. The van der Waals surface area contributed by atoms with Crippen molar-refractivity contribution in [3.8, 4) is 0 Å². The number of nitrogens with zero attached hydrogens (tertiary/aromatic N) is 2. The van der Waals surface area contributed by atoms with E-state index in [1.54, 1.807) is 11.0 Å². The first-order chi connectivity index (χ1) is 13.7. The monoisotopic (exact) mass is 444 g/mol. The average molecular weight is 445 g/mol. The molecule has 1 amide bonds. The molecule has 0 aliphatic carbocycles. The minimum absolute atomic E-state index is 0.0356. The van der Waals surface area contributed by atoms with Crippen molar-refractivity contribution < 1.29 is 22.7 Å². The van der Waals surface area contributed by atoms with Gasteiger partial charge in [0.05, 0.1) is 23.8 Å². The Bertz CT molecular complexity index is 831. The van der Waals surface area contributed by atoms with Crippen molar-refractivity contribution in [3.63, 3.8) is 0 Å². The van der Waals surface area contributed by atoms with Crippen LogP contribution < -0.4 is 0 Å². The van der Waals surface area contributed by atoms with E-state index in [1.165, 1.54) is 16.4 Å². The van der Waals surface area contributed by atoms with E-state index in [0.29, 0.717) is 31.2 Å². The van der Waals surface area contributed by atoms with Gasteiger partial charge >= 0.3 is 0 Å². The molecule has 2 aliphatic heterocycles. The third kappa shape index (κ3) is 5.11. The van der Waals surface area contributed by atoms with Crippen LogP contribution in [-0.2, 0) is 19.5 Å². The maximum Gasteiger partial charge on any atom is 0.253 e. The average Bonchev–Trinajstić information content (AvgIpc) is 3.18. The van der Waals surface area contributed by atoms with Crippen LogP contribution in [-0.4, -0.2) is 75.1 Å². The van der Waals surface area contributed by atoms with Crippen LogP contribution in [0.3, 0.4) is 0 Å². The summed E-state index contributed by atoms with van der Waals surface area (Å²) in [6.07, 6.45) is 0.514. The van der Waals surface area contributed by atoms with E-state index in [4.69, 9.17) is 21.1 Å². The lowest BCUT2D eigenvalue weighted by molar-refractivity contribution is -0.0440. The summed E-state index contributed by atoms with van der Waals surface area (Å²) < 4.78 is 38.9. The van der Waals surface area contributed by atoms with Gasteiger partial charge in [0.1, 0.15) is 4.90 Å². The lowest BCUT2D eigenvalue weighted by Crippen LogP contribution is -2.48. The highest BCUT2D eigenvalue weighted by atomic mass is 35.5. The molecule has 2 fully saturated rings. The van der Waals surface area contributed by atoms with E-state index >= 15 is 0 Å². The van der Waals surface area contributed by atoms with E-state index < -0.39 is 10.0 Å². The second-order valence-corrected chi connectivity index (χ2v) is 10.1. The van der Waals surface area contributed by atoms with Gasteiger partial charge in [-0.1, -0.05) is 11.6 Å². The van der Waals surface area contributed by atoms with Crippen molar-refractivity contribution in [3.05, 3.63) is 28.8 Å². The largest absolute Gasteiger partial charge is 0.381 e. The van der Waals surface area contributed by atoms with Crippen molar-refractivity contribution in [1.82, 2.24) is 9.21 Å². The molecule has 0 spiro atoms. The van der Waals surface area contributed by atoms with Crippen LogP contribution in [0.2, 0.25) is 5.02 Å². The second kappa shape index (κ2) is 9.31. The van der Waals surface area contributed by atoms with Gasteiger partial charge in [0.15, 0.2) is 0 Å². The molecule has 2 heterocycles. The van der Waals surface area contributed by atoms with Gasteiger partial charge in [-0.15, -0.1) is 0 Å². The van der Waals surface area contributed by atoms with Gasteiger partial charge in [0.25, 0.3) is 5.91 Å². The van der Waals surface area contributed by atoms with Crippen LogP contribution in [0.5, 0.6) is 0 Å². The number of sulfonamides is 1. The Balaban J connectivity index is 1.85. The van der Waals surface area contributed by atoms with E-state index in [1.807, 2.05) is 20.8 Å². The van der Waals surface area contributed by atoms with Gasteiger partial charge in [-0.25, -0.2) is 8.42 Å². The molecule has 3 atom stereocenters. The molecule has 1 aromatic carbocycles. The van der Waals surface area contributed by atoms with E-state index in [9.17, 15) is 13.2 Å². The van der Waals surface area contributed by atoms with Crippen LogP contribution in [0.4, 0.5) is 0 Å². The summed E-state index contributed by atoms with van der Waals surface area (Å²) >= 11 is 6.25. The molecule has 29 heavy (non-hydrogen) atoms. The quantitative estimate of drug-likeness (QED) is 0.674. The highest BCUT2D eigenvalue weighted by Gasteiger charge is 2.34. The van der Waals surface area contributed by atoms with Gasteiger partial charge in [0, 0.05) is 44.3 Å². The maximum atomic E-state index is 13.2. The fourth-order valence-corrected chi connectivity index (χ4v) is 5.97. The predicted molar refractivity (Wildman–Crippen MR) is 111 cm³/mol. The molecule has 0 aromatic heterocycles. The molecule has 7 nitrogen and oxygen atoms in total. The first-order valence-electron chi connectivity index (χ1n) is 10.0. The molecule has 2 aliphatic rings. The first-order valence-corrected chi connectivity index (χ1v) is 11.9. The Morgan fingerprint density at radius 2 is 1.97 bits per heavy atom. The third-order valence-corrected chi connectivity index (χ3v) is 7.67. The van der Waals surface area contributed by atoms with E-state index in [-0.39, 0.29) is 41.1 Å². The number of benzene rings is 1. The number of rotatable bonds is 6. The summed E-state index contributed by atoms with van der Waals surface area (Å²) in [5.74, 6) is 0.113. The molecule has 0 N–H and O–H groups in total. The Morgan fingerprint density at radius 1 is 1.28 bits per heavy atom. The highest BCUT2D eigenvalue weighted by Crippen LogP contribution is 2.28. The number of hydrogen-bond donors (Lipinski definition) is 0. The number of ether oxygens (including phenoxy) is 2. The number of amides is 1. The van der Waals surface area contributed by atoms with Gasteiger partial charge in [-0.2, -0.15) is 4.31 Å². The summed E-state index contributed by atoms with van der Waals surface area (Å²) in [7, 11) is -3.84. The third-order valence-electron chi connectivity index (χ3n) is 5.35. The number of morpholine rings is 1. The zero-order valence-corrected chi connectivity index (χ0v) is 18.7. The molecule has 3 rings (SSSR count). The summed E-state index contributed by atoms with van der Waals surface area (Å²) in [6.45, 7) is 8.60. The number of hydrogen-bond acceptors (Lipinski definition) is 5. The zero-order chi connectivity index (χ0) is 21.2. The fourth-order valence-electron chi connectivity index (χ4n) is 3.88. The lowest BCUT2D eigenvalue weighted by atomic mass is 10.1. The Kier molecular flexibility index (Phi) is 7.22. The molecule has 9 heteroatoms. The van der Waals surface area contributed by atoms with E-state index in [0.717, 1.165) is 13.0 Å². The van der Waals surface area contributed by atoms with Crippen molar-refractivity contribution in [2.24, 2.45) is 5.92 Å². The van der Waals surface area contributed by atoms with Crippen molar-refractivity contribution in [2.75, 3.05) is 39.4 Å². The van der Waals surface area contributed by atoms with Gasteiger partial charge < -0.3 is 14.4 Å². The van der Waals surface area contributed by atoms with Gasteiger partial charge in [-0.05, 0) is 45.4 Å². The SMILES string of the molecule is CCN(CC1CCOC1)C(=O)c1ccc(Cl)c(S(=O)(=O)N2CC(C)OC(C)C2)c1. The normalized spacial score (nSPS) is 25.9. The molecule has 1 aromatic rings. The summed E-state index contributed by atoms with van der Waals surface area (Å²) in [5, 5.41) is 0.112. The molecular weight excluding hydrogens is 416 g/mol. The van der Waals surface area contributed by atoms with Crippen molar-refractivity contribution in [2.45, 2.75) is 44.3 Å². The Hall–Kier alpha value is -1.19. The van der Waals surface area contributed by atoms with Crippen LogP contribution in [0, 0.1) is 5.92 Å². The van der Waals surface area contributed by atoms with E-state index in [2.05, 4.69) is 0 Å². The van der Waals surface area contributed by atoms with Gasteiger partial charge in [0.2, 0.25) is 10.0 Å². The van der Waals surface area contributed by atoms with Crippen LogP contribution in [0.1, 0.15) is 37.6 Å². The minimum atomic E-state index is -3.84. The molecule has 162 valence electrons. The summed E-state index contributed by atoms with van der Waals surface area (Å²) in [5.41, 5.74) is 0.322. The number of carbonyl (C=O) groups is 1. The molecule has 0 saturated carbocycles. The van der Waals surface area contributed by atoms with Crippen molar-refractivity contribution >= 4 is 27.5 Å². The topological polar surface area (TPSA) is 76.2 Å². The van der Waals surface area contributed by atoms with Gasteiger partial charge in [-0.3, -0.25) is 4.79 Å². The van der Waals surface area contributed by atoms with Crippen LogP contribution in [0.15, 0.2) is 23.1 Å². The zero-order valence-electron chi connectivity index (χ0n) is 17.1. The van der Waals surface area contributed by atoms with Crippen LogP contribution in [0.25, 0.3) is 0 Å². The molecular formula is C20H29ClN2O5S. The van der Waals surface area contributed by atoms with Crippen LogP contribution >= 0.6 is 11.6 Å². The first kappa shape index (κ1) is 22.5. The molecule has 0 radical (unpaired) electrons. The number of carbonyl (C=O) groups excluding carboxylic acids is 1. The smallest absolute Gasteiger partial charge is 0.253 e. The highest BCUT2D eigenvalue weighted by molar-refractivity contribution is 7.89. The Morgan fingerprint density at radius 3 is 2.55 bits per heavy atom. The maximum absolute atomic E-state index is 13.2. The Labute approximate surface area is 178 Å². The molecule has 3 unspecified atom stereocenters. The minimum Gasteiger partial charge on any atom is -0.381 e.